The highest BCUT2D eigenvalue weighted by Gasteiger charge is 2.51. The van der Waals surface area contributed by atoms with E-state index in [1.807, 2.05) is 0 Å². The molecule has 5 N–H and O–H groups in total. The highest BCUT2D eigenvalue weighted by Crippen LogP contribution is 2.57. The van der Waals surface area contributed by atoms with Crippen LogP contribution in [-0.4, -0.2) is 37.9 Å². The molecular formula is C23H23F5N6O3. The van der Waals surface area contributed by atoms with E-state index in [0.29, 0.717) is 31.6 Å². The number of hydrogen-bond donors (Lipinski definition) is 3. The van der Waals surface area contributed by atoms with Crippen LogP contribution in [0.3, 0.4) is 0 Å². The van der Waals surface area contributed by atoms with E-state index in [1.54, 1.807) is 0 Å². The first-order valence-electron chi connectivity index (χ1n) is 11.2. The average molecular weight is 526 g/mol. The molecule has 3 aliphatic rings. The van der Waals surface area contributed by atoms with Crippen LogP contribution in [0, 0.1) is 17.0 Å². The minimum absolute atomic E-state index is 0. The van der Waals surface area contributed by atoms with E-state index in [-0.39, 0.29) is 34.1 Å². The van der Waals surface area contributed by atoms with Crippen molar-refractivity contribution < 1.29 is 36.4 Å². The third-order valence-corrected chi connectivity index (χ3v) is 7.38. The first-order chi connectivity index (χ1) is 17.0. The summed E-state index contributed by atoms with van der Waals surface area (Å²) in [6.07, 6.45) is -0.229. The number of amides is 1. The molecule has 0 unspecified atom stereocenters. The highest BCUT2D eigenvalue weighted by atomic mass is 19.4. The predicted molar refractivity (Wildman–Crippen MR) is 118 cm³/mol. The summed E-state index contributed by atoms with van der Waals surface area (Å²) in [5.74, 6) is -3.73. The monoisotopic (exact) mass is 526 g/mol. The Labute approximate surface area is 207 Å². The summed E-state index contributed by atoms with van der Waals surface area (Å²) in [6.45, 7) is 0.324. The zero-order valence-corrected chi connectivity index (χ0v) is 19.4. The van der Waals surface area contributed by atoms with E-state index in [0.717, 1.165) is 43.5 Å². The van der Waals surface area contributed by atoms with Crippen LogP contribution < -0.4 is 11.5 Å². The average Bonchev–Trinajstić information content (AvgIpc) is 3.38. The molecule has 2 bridgehead atoms. The van der Waals surface area contributed by atoms with Crippen molar-refractivity contribution >= 4 is 5.91 Å². The minimum Gasteiger partial charge on any atom is -0.503 e. The molecule has 3 aliphatic carbocycles. The number of fused-ring (bicyclic) bond motifs is 3. The number of aromatic nitrogens is 4. The number of phenols is 1. The van der Waals surface area contributed by atoms with Crippen LogP contribution in [0.15, 0.2) is 28.8 Å². The standard InChI is InChI=1S/C23H20F5N5O3.H3N/c24-13-9-12(10-14(25)17(13)34)18(35)29-11-21-3-6-22(7-4-21,8-5-21)20-30-19(36-33-20)15-1-2-16(32-31-15)23(26,27)28;/h1-2,9-10,34H,3-8,11H2,(H,29,35);1H3. The van der Waals surface area contributed by atoms with Crippen LogP contribution >= 0.6 is 0 Å². The number of carbonyl (C=O) groups is 1. The molecule has 198 valence electrons. The van der Waals surface area contributed by atoms with Crippen molar-refractivity contribution in [1.29, 1.82) is 0 Å². The number of alkyl halides is 3. The zero-order chi connectivity index (χ0) is 25.7. The number of phenolic OH excluding ortho intramolecular Hbond substituents is 1. The van der Waals surface area contributed by atoms with Crippen molar-refractivity contribution in [1.82, 2.24) is 31.8 Å². The summed E-state index contributed by atoms with van der Waals surface area (Å²) in [7, 11) is 0. The van der Waals surface area contributed by atoms with Crippen molar-refractivity contribution in [2.75, 3.05) is 6.54 Å². The summed E-state index contributed by atoms with van der Waals surface area (Å²) in [5, 5.41) is 22.8. The lowest BCUT2D eigenvalue weighted by Gasteiger charge is -2.52. The van der Waals surface area contributed by atoms with E-state index in [9.17, 15) is 31.9 Å². The SMILES string of the molecule is N.O=C(NCC12CCC(c3noc(-c4ccc(C(F)(F)F)nn4)n3)(CC1)CC2)c1cc(F)c(O)c(F)c1. The Morgan fingerprint density at radius 2 is 1.65 bits per heavy atom. The lowest BCUT2D eigenvalue weighted by Crippen LogP contribution is -2.49. The largest absolute Gasteiger partial charge is 0.503 e. The van der Waals surface area contributed by atoms with Crippen LogP contribution in [0.2, 0.25) is 0 Å². The molecule has 2 aromatic heterocycles. The molecule has 0 radical (unpaired) electrons. The fourth-order valence-corrected chi connectivity index (χ4v) is 5.07. The van der Waals surface area contributed by atoms with Gasteiger partial charge in [-0.2, -0.15) is 18.2 Å². The Hall–Kier alpha value is -3.68. The van der Waals surface area contributed by atoms with Gasteiger partial charge < -0.3 is 21.1 Å². The molecule has 1 aromatic carbocycles. The second-order valence-electron chi connectivity index (χ2n) is 9.48. The van der Waals surface area contributed by atoms with Crippen molar-refractivity contribution in [2.24, 2.45) is 5.41 Å². The molecule has 3 saturated carbocycles. The van der Waals surface area contributed by atoms with Gasteiger partial charge in [-0.25, -0.2) is 8.78 Å². The molecule has 2 heterocycles. The Morgan fingerprint density at radius 1 is 1.03 bits per heavy atom. The summed E-state index contributed by atoms with van der Waals surface area (Å²) in [4.78, 5) is 16.8. The molecular weight excluding hydrogens is 503 g/mol. The van der Waals surface area contributed by atoms with E-state index in [4.69, 9.17) is 4.52 Å². The molecule has 0 spiro atoms. The molecule has 37 heavy (non-hydrogen) atoms. The number of benzene rings is 1. The Kier molecular flexibility index (Phi) is 6.65. The number of carbonyl (C=O) groups excluding carboxylic acids is 1. The number of aromatic hydroxyl groups is 1. The van der Waals surface area contributed by atoms with Gasteiger partial charge in [-0.15, -0.1) is 10.2 Å². The smallest absolute Gasteiger partial charge is 0.435 e. The number of nitrogens with one attached hydrogen (secondary N) is 1. The van der Waals surface area contributed by atoms with Crippen molar-refractivity contribution in [3.05, 3.63) is 53.0 Å². The summed E-state index contributed by atoms with van der Waals surface area (Å²) in [5.41, 5.74) is -1.82. The molecule has 9 nitrogen and oxygen atoms in total. The maximum absolute atomic E-state index is 13.6. The van der Waals surface area contributed by atoms with Gasteiger partial charge in [0.15, 0.2) is 34.6 Å². The molecule has 3 fully saturated rings. The van der Waals surface area contributed by atoms with E-state index >= 15 is 0 Å². The van der Waals surface area contributed by atoms with Gasteiger partial charge in [0.05, 0.1) is 0 Å². The summed E-state index contributed by atoms with van der Waals surface area (Å²) >= 11 is 0. The van der Waals surface area contributed by atoms with Crippen molar-refractivity contribution in [2.45, 2.75) is 50.1 Å². The van der Waals surface area contributed by atoms with Crippen LogP contribution in [0.1, 0.15) is 60.4 Å². The van der Waals surface area contributed by atoms with Gasteiger partial charge in [-0.05, 0) is 68.2 Å². The first kappa shape index (κ1) is 26.4. The van der Waals surface area contributed by atoms with Crippen LogP contribution in [-0.2, 0) is 11.6 Å². The second-order valence-corrected chi connectivity index (χ2v) is 9.48. The maximum atomic E-state index is 13.6. The number of rotatable bonds is 5. The van der Waals surface area contributed by atoms with Gasteiger partial charge in [-0.1, -0.05) is 5.16 Å². The lowest BCUT2D eigenvalue weighted by atomic mass is 9.53. The first-order valence-corrected chi connectivity index (χ1v) is 11.2. The zero-order valence-electron chi connectivity index (χ0n) is 19.4. The van der Waals surface area contributed by atoms with E-state index < -0.39 is 35.2 Å². The van der Waals surface area contributed by atoms with Crippen LogP contribution in [0.25, 0.3) is 11.6 Å². The molecule has 3 aromatic rings. The van der Waals surface area contributed by atoms with Gasteiger partial charge in [0.2, 0.25) is 0 Å². The second kappa shape index (κ2) is 9.32. The lowest BCUT2D eigenvalue weighted by molar-refractivity contribution is -0.141. The van der Waals surface area contributed by atoms with Crippen LogP contribution in [0.4, 0.5) is 22.0 Å². The quantitative estimate of drug-likeness (QED) is 0.405. The fraction of sp³-hybridized carbons (Fsp3) is 0.435. The normalized spacial score (nSPS) is 22.9. The Morgan fingerprint density at radius 3 is 2.19 bits per heavy atom. The molecule has 6 rings (SSSR count). The van der Waals surface area contributed by atoms with E-state index in [1.165, 1.54) is 0 Å². The predicted octanol–water partition coefficient (Wildman–Crippen LogP) is 4.71. The van der Waals surface area contributed by atoms with Crippen LogP contribution in [0.5, 0.6) is 5.75 Å². The maximum Gasteiger partial charge on any atom is 0.435 e. The van der Waals surface area contributed by atoms with Gasteiger partial charge >= 0.3 is 6.18 Å². The third-order valence-electron chi connectivity index (χ3n) is 7.38. The number of nitrogens with zero attached hydrogens (tertiary/aromatic N) is 4. The fourth-order valence-electron chi connectivity index (χ4n) is 5.07. The topological polar surface area (TPSA) is 149 Å². The van der Waals surface area contributed by atoms with Gasteiger partial charge in [0, 0.05) is 17.5 Å². The Balaban J connectivity index is 0.00000320. The number of hydrogen-bond acceptors (Lipinski definition) is 8. The van der Waals surface area contributed by atoms with Crippen molar-refractivity contribution in [3.63, 3.8) is 0 Å². The molecule has 14 heteroatoms. The van der Waals surface area contributed by atoms with Gasteiger partial charge in [0.25, 0.3) is 11.8 Å². The minimum atomic E-state index is -4.60. The van der Waals surface area contributed by atoms with Crippen molar-refractivity contribution in [3.8, 4) is 17.3 Å². The highest BCUT2D eigenvalue weighted by molar-refractivity contribution is 5.94. The molecule has 0 aliphatic heterocycles. The van der Waals surface area contributed by atoms with Gasteiger partial charge in [-0.3, -0.25) is 4.79 Å². The Bertz CT molecular complexity index is 1260. The summed E-state index contributed by atoms with van der Waals surface area (Å²) in [6, 6.07) is 3.50. The molecule has 0 atom stereocenters. The number of halogens is 5. The molecule has 0 saturated heterocycles. The third kappa shape index (κ3) is 4.84. The van der Waals surface area contributed by atoms with Gasteiger partial charge in [0.1, 0.15) is 0 Å². The summed E-state index contributed by atoms with van der Waals surface area (Å²) < 4.78 is 70.6. The van der Waals surface area contributed by atoms with E-state index in [2.05, 4.69) is 25.7 Å². The molecule has 1 amide bonds.